The molecule has 2 rings (SSSR count). The second kappa shape index (κ2) is 4.64. The van der Waals surface area contributed by atoms with Gasteiger partial charge in [-0.05, 0) is 13.0 Å². The van der Waals surface area contributed by atoms with E-state index in [1.807, 2.05) is 0 Å². The van der Waals surface area contributed by atoms with E-state index < -0.39 is 17.5 Å². The van der Waals surface area contributed by atoms with Crippen molar-refractivity contribution in [2.45, 2.75) is 18.9 Å². The van der Waals surface area contributed by atoms with Crippen molar-refractivity contribution in [3.63, 3.8) is 0 Å². The number of benzene rings is 1. The van der Waals surface area contributed by atoms with E-state index in [1.165, 1.54) is 0 Å². The summed E-state index contributed by atoms with van der Waals surface area (Å²) in [5, 5.41) is 0. The molecular weight excluding hydrogens is 232 g/mol. The first kappa shape index (κ1) is 12.4. The van der Waals surface area contributed by atoms with Gasteiger partial charge in [0, 0.05) is 12.0 Å². The van der Waals surface area contributed by atoms with Crippen LogP contribution in [0.15, 0.2) is 36.9 Å². The van der Waals surface area contributed by atoms with E-state index >= 15 is 0 Å². The fourth-order valence-corrected chi connectivity index (χ4v) is 2.12. The Kier molecular flexibility index (Phi) is 3.19. The largest absolute Gasteiger partial charge is 0.463 e. The number of hydrogen-bond donors (Lipinski definition) is 0. The first-order valence-corrected chi connectivity index (χ1v) is 5.76. The monoisotopic (exact) mass is 246 g/mol. The second-order valence-corrected chi connectivity index (χ2v) is 3.98. The third-order valence-corrected chi connectivity index (χ3v) is 2.89. The molecule has 0 aliphatic carbocycles. The molecule has 1 unspecified atom stereocenters. The van der Waals surface area contributed by atoms with Gasteiger partial charge < -0.3 is 9.47 Å². The average Bonchev–Trinajstić information content (AvgIpc) is 2.65. The van der Waals surface area contributed by atoms with Gasteiger partial charge in [0.25, 0.3) is 0 Å². The molecule has 0 aromatic heterocycles. The van der Waals surface area contributed by atoms with Crippen molar-refractivity contribution in [3.8, 4) is 0 Å². The molecule has 1 aliphatic rings. The number of carbonyl (C=O) groups excluding carboxylic acids is 2. The zero-order valence-corrected chi connectivity index (χ0v) is 10.1. The van der Waals surface area contributed by atoms with Gasteiger partial charge in [-0.3, -0.25) is 0 Å². The lowest BCUT2D eigenvalue weighted by molar-refractivity contribution is -0.165. The average molecular weight is 246 g/mol. The smallest absolute Gasteiger partial charge is 0.355 e. The quantitative estimate of drug-likeness (QED) is 0.603. The molecule has 1 atom stereocenters. The topological polar surface area (TPSA) is 52.6 Å². The number of carbonyl (C=O) groups is 2. The number of cyclic esters (lactones) is 1. The van der Waals surface area contributed by atoms with Crippen molar-refractivity contribution in [1.82, 2.24) is 0 Å². The molecule has 1 aliphatic heterocycles. The van der Waals surface area contributed by atoms with Crippen LogP contribution in [0.1, 0.15) is 29.3 Å². The van der Waals surface area contributed by atoms with Gasteiger partial charge in [0.15, 0.2) is 0 Å². The zero-order valence-electron chi connectivity index (χ0n) is 10.1. The molecule has 1 heterocycles. The molecule has 94 valence electrons. The maximum atomic E-state index is 12.1. The van der Waals surface area contributed by atoms with Crippen LogP contribution in [0.3, 0.4) is 0 Å². The minimum atomic E-state index is -1.37. The number of ether oxygens (including phenoxy) is 2. The molecule has 18 heavy (non-hydrogen) atoms. The van der Waals surface area contributed by atoms with Gasteiger partial charge in [-0.15, -0.1) is 6.58 Å². The second-order valence-electron chi connectivity index (χ2n) is 3.98. The van der Waals surface area contributed by atoms with Crippen LogP contribution >= 0.6 is 0 Å². The molecule has 0 N–H and O–H groups in total. The Morgan fingerprint density at radius 3 is 2.89 bits per heavy atom. The Balaban J connectivity index is 2.53. The van der Waals surface area contributed by atoms with Crippen LogP contribution in [0, 0.1) is 0 Å². The summed E-state index contributed by atoms with van der Waals surface area (Å²) in [6.45, 7) is 5.55. The van der Waals surface area contributed by atoms with Crippen LogP contribution in [-0.4, -0.2) is 18.5 Å². The molecule has 1 aromatic carbocycles. The number of esters is 2. The highest BCUT2D eigenvalue weighted by atomic mass is 16.6. The highest BCUT2D eigenvalue weighted by Gasteiger charge is 2.51. The summed E-state index contributed by atoms with van der Waals surface area (Å²) in [5.74, 6) is -1.05. The van der Waals surface area contributed by atoms with Crippen LogP contribution in [-0.2, 0) is 19.9 Å². The van der Waals surface area contributed by atoms with E-state index in [2.05, 4.69) is 6.58 Å². The molecule has 4 nitrogen and oxygen atoms in total. The van der Waals surface area contributed by atoms with E-state index in [1.54, 1.807) is 37.3 Å². The highest BCUT2D eigenvalue weighted by Crippen LogP contribution is 2.40. The van der Waals surface area contributed by atoms with Gasteiger partial charge in [0.05, 0.1) is 12.2 Å². The fraction of sp³-hybridized carbons (Fsp3) is 0.286. The van der Waals surface area contributed by atoms with Gasteiger partial charge in [-0.1, -0.05) is 24.3 Å². The SMILES string of the molecule is C=CCC1(C(=O)OCC)OC(=O)c2ccccc21. The molecule has 0 amide bonds. The summed E-state index contributed by atoms with van der Waals surface area (Å²) in [6.07, 6.45) is 1.75. The predicted molar refractivity (Wildman–Crippen MR) is 65.0 cm³/mol. The maximum Gasteiger partial charge on any atom is 0.355 e. The van der Waals surface area contributed by atoms with E-state index in [9.17, 15) is 9.59 Å². The number of hydrogen-bond acceptors (Lipinski definition) is 4. The van der Waals surface area contributed by atoms with Crippen molar-refractivity contribution in [2.75, 3.05) is 6.61 Å². The van der Waals surface area contributed by atoms with Crippen molar-refractivity contribution < 1.29 is 19.1 Å². The summed E-state index contributed by atoms with van der Waals surface area (Å²) in [4.78, 5) is 23.9. The molecule has 0 radical (unpaired) electrons. The highest BCUT2D eigenvalue weighted by molar-refractivity contribution is 6.00. The van der Waals surface area contributed by atoms with E-state index in [0.717, 1.165) is 0 Å². The lowest BCUT2D eigenvalue weighted by atomic mass is 9.89. The first-order valence-electron chi connectivity index (χ1n) is 5.76. The zero-order chi connectivity index (χ0) is 13.2. The summed E-state index contributed by atoms with van der Waals surface area (Å²) in [5.41, 5.74) is -0.411. The molecule has 1 aromatic rings. The third kappa shape index (κ3) is 1.70. The van der Waals surface area contributed by atoms with Gasteiger partial charge in [0.1, 0.15) is 0 Å². The van der Waals surface area contributed by atoms with E-state index in [0.29, 0.717) is 11.1 Å². The molecule has 4 heteroatoms. The summed E-state index contributed by atoms with van der Waals surface area (Å²) >= 11 is 0. The van der Waals surface area contributed by atoms with Crippen molar-refractivity contribution in [3.05, 3.63) is 48.0 Å². The normalized spacial score (nSPS) is 21.1. The van der Waals surface area contributed by atoms with Crippen LogP contribution in [0.2, 0.25) is 0 Å². The summed E-state index contributed by atoms with van der Waals surface area (Å²) in [6, 6.07) is 6.84. The van der Waals surface area contributed by atoms with E-state index in [-0.39, 0.29) is 13.0 Å². The predicted octanol–water partition coefficient (Wildman–Crippen LogP) is 2.19. The minimum Gasteiger partial charge on any atom is -0.463 e. The molecule has 0 spiro atoms. The fourth-order valence-electron chi connectivity index (χ4n) is 2.12. The van der Waals surface area contributed by atoms with Crippen LogP contribution in [0.25, 0.3) is 0 Å². The standard InChI is InChI=1S/C14H14O4/c1-3-9-14(13(16)17-4-2)11-8-6-5-7-10(11)12(15)18-14/h3,5-8H,1,4,9H2,2H3. The van der Waals surface area contributed by atoms with Gasteiger partial charge >= 0.3 is 11.9 Å². The lowest BCUT2D eigenvalue weighted by Crippen LogP contribution is -2.37. The van der Waals surface area contributed by atoms with Gasteiger partial charge in [-0.25, -0.2) is 9.59 Å². The molecule has 0 bridgehead atoms. The molecule has 0 saturated heterocycles. The Labute approximate surface area is 105 Å². The maximum absolute atomic E-state index is 12.1. The first-order chi connectivity index (χ1) is 8.65. The minimum absolute atomic E-state index is 0.203. The Morgan fingerprint density at radius 2 is 2.22 bits per heavy atom. The Bertz CT molecular complexity index is 506. The molecule has 0 saturated carbocycles. The van der Waals surface area contributed by atoms with Crippen LogP contribution < -0.4 is 0 Å². The van der Waals surface area contributed by atoms with E-state index in [4.69, 9.17) is 9.47 Å². The summed E-state index contributed by atoms with van der Waals surface area (Å²) < 4.78 is 10.3. The van der Waals surface area contributed by atoms with Gasteiger partial charge in [0.2, 0.25) is 5.60 Å². The van der Waals surface area contributed by atoms with Gasteiger partial charge in [-0.2, -0.15) is 0 Å². The van der Waals surface area contributed by atoms with Crippen molar-refractivity contribution in [2.24, 2.45) is 0 Å². The third-order valence-electron chi connectivity index (χ3n) is 2.89. The summed E-state index contributed by atoms with van der Waals surface area (Å²) in [7, 11) is 0. The number of rotatable bonds is 4. The number of fused-ring (bicyclic) bond motifs is 1. The Morgan fingerprint density at radius 1 is 1.50 bits per heavy atom. The van der Waals surface area contributed by atoms with Crippen molar-refractivity contribution >= 4 is 11.9 Å². The Hall–Kier alpha value is -2.10. The van der Waals surface area contributed by atoms with Crippen LogP contribution in [0.4, 0.5) is 0 Å². The lowest BCUT2D eigenvalue weighted by Gasteiger charge is -2.24. The molecular formula is C14H14O4. The molecule has 0 fully saturated rings. The van der Waals surface area contributed by atoms with Crippen LogP contribution in [0.5, 0.6) is 0 Å². The van der Waals surface area contributed by atoms with Crippen molar-refractivity contribution in [1.29, 1.82) is 0 Å².